The maximum atomic E-state index is 12.9. The highest BCUT2D eigenvalue weighted by molar-refractivity contribution is 14.0. The van der Waals surface area contributed by atoms with Crippen LogP contribution in [0.4, 0.5) is 18.9 Å². The van der Waals surface area contributed by atoms with E-state index in [-0.39, 0.29) is 24.0 Å². The zero-order chi connectivity index (χ0) is 20.7. The van der Waals surface area contributed by atoms with Crippen LogP contribution in [0.25, 0.3) is 0 Å². The monoisotopic (exact) mass is 539 g/mol. The lowest BCUT2D eigenvalue weighted by Crippen LogP contribution is -2.46. The molecule has 1 aromatic rings. The van der Waals surface area contributed by atoms with Crippen LogP contribution in [0.5, 0.6) is 0 Å². The average molecular weight is 539 g/mol. The normalized spacial score (nSPS) is 19.0. The van der Waals surface area contributed by atoms with Crippen molar-refractivity contribution in [3.05, 3.63) is 29.8 Å². The lowest BCUT2D eigenvalue weighted by molar-refractivity contribution is -0.137. The van der Waals surface area contributed by atoms with Gasteiger partial charge < -0.3 is 15.5 Å². The van der Waals surface area contributed by atoms with E-state index in [1.54, 1.807) is 6.07 Å². The molecule has 5 nitrogen and oxygen atoms in total. The van der Waals surface area contributed by atoms with Crippen LogP contribution in [0.2, 0.25) is 0 Å². The first kappa shape index (κ1) is 25.0. The number of guanidine groups is 1. The van der Waals surface area contributed by atoms with Gasteiger partial charge in [0, 0.05) is 51.5 Å². The van der Waals surface area contributed by atoms with E-state index in [1.807, 2.05) is 4.90 Å². The third-order valence-electron chi connectivity index (χ3n) is 5.75. The van der Waals surface area contributed by atoms with Gasteiger partial charge in [0.15, 0.2) is 5.96 Å². The van der Waals surface area contributed by atoms with Gasteiger partial charge in [-0.25, -0.2) is 0 Å². The second-order valence-corrected chi connectivity index (χ2v) is 7.87. The van der Waals surface area contributed by atoms with Gasteiger partial charge in [-0.1, -0.05) is 6.07 Å². The van der Waals surface area contributed by atoms with Crippen molar-refractivity contribution < 1.29 is 13.2 Å². The summed E-state index contributed by atoms with van der Waals surface area (Å²) in [5.41, 5.74) is 6.14. The highest BCUT2D eigenvalue weighted by Gasteiger charge is 2.31. The van der Waals surface area contributed by atoms with Crippen molar-refractivity contribution >= 4 is 35.6 Å². The fraction of sp³-hybridized carbons (Fsp3) is 0.667. The minimum Gasteiger partial charge on any atom is -0.370 e. The molecule has 0 radical (unpaired) electrons. The van der Waals surface area contributed by atoms with Gasteiger partial charge in [0.1, 0.15) is 0 Å². The molecule has 2 aliphatic rings. The number of piperidine rings is 1. The fourth-order valence-corrected chi connectivity index (χ4v) is 3.97. The van der Waals surface area contributed by atoms with Gasteiger partial charge in [0.05, 0.1) is 5.56 Å². The summed E-state index contributed by atoms with van der Waals surface area (Å²) in [7, 11) is 0. The van der Waals surface area contributed by atoms with Crippen molar-refractivity contribution in [1.29, 1.82) is 0 Å². The summed E-state index contributed by atoms with van der Waals surface area (Å²) < 4.78 is 38.7. The highest BCUT2D eigenvalue weighted by atomic mass is 127. The van der Waals surface area contributed by atoms with E-state index in [0.29, 0.717) is 11.6 Å². The van der Waals surface area contributed by atoms with Crippen LogP contribution in [-0.4, -0.2) is 68.1 Å². The molecular formula is C21H33F3IN5. The van der Waals surface area contributed by atoms with E-state index in [4.69, 9.17) is 5.73 Å². The third kappa shape index (κ3) is 7.47. The highest BCUT2D eigenvalue weighted by Crippen LogP contribution is 2.31. The quantitative estimate of drug-likeness (QED) is 0.257. The maximum Gasteiger partial charge on any atom is 0.416 e. The van der Waals surface area contributed by atoms with Crippen LogP contribution in [0.3, 0.4) is 0 Å². The number of hydrogen-bond donors (Lipinski definition) is 1. The van der Waals surface area contributed by atoms with Crippen LogP contribution >= 0.6 is 24.0 Å². The van der Waals surface area contributed by atoms with Gasteiger partial charge in [-0.3, -0.25) is 9.89 Å². The number of alkyl halides is 3. The summed E-state index contributed by atoms with van der Waals surface area (Å²) in [5.74, 6) is 0.680. The van der Waals surface area contributed by atoms with Crippen molar-refractivity contribution in [2.75, 3.05) is 57.3 Å². The molecule has 30 heavy (non-hydrogen) atoms. The number of halogens is 4. The van der Waals surface area contributed by atoms with Crippen LogP contribution in [-0.2, 0) is 6.18 Å². The van der Waals surface area contributed by atoms with Crippen molar-refractivity contribution in [3.8, 4) is 0 Å². The Morgan fingerprint density at radius 2 is 1.67 bits per heavy atom. The molecule has 0 amide bonds. The minimum absolute atomic E-state index is 0. The van der Waals surface area contributed by atoms with Crippen LogP contribution in [0, 0.1) is 0 Å². The lowest BCUT2D eigenvalue weighted by atomic mass is 10.1. The number of anilines is 1. The number of aliphatic imine (C=N–C) groups is 1. The van der Waals surface area contributed by atoms with Gasteiger partial charge in [-0.05, 0) is 56.8 Å². The maximum absolute atomic E-state index is 12.9. The number of rotatable bonds is 6. The van der Waals surface area contributed by atoms with E-state index >= 15 is 0 Å². The van der Waals surface area contributed by atoms with Crippen LogP contribution in [0.1, 0.15) is 37.7 Å². The summed E-state index contributed by atoms with van der Waals surface area (Å²) >= 11 is 0. The predicted molar refractivity (Wildman–Crippen MR) is 127 cm³/mol. The van der Waals surface area contributed by atoms with E-state index < -0.39 is 11.7 Å². The third-order valence-corrected chi connectivity index (χ3v) is 5.75. The predicted octanol–water partition coefficient (Wildman–Crippen LogP) is 4.03. The van der Waals surface area contributed by atoms with Gasteiger partial charge in [-0.2, -0.15) is 13.2 Å². The molecule has 3 rings (SSSR count). The Labute approximate surface area is 194 Å². The van der Waals surface area contributed by atoms with E-state index in [0.717, 1.165) is 71.3 Å². The molecule has 170 valence electrons. The van der Waals surface area contributed by atoms with E-state index in [2.05, 4.69) is 14.8 Å². The zero-order valence-corrected chi connectivity index (χ0v) is 19.7. The van der Waals surface area contributed by atoms with Crippen molar-refractivity contribution in [3.63, 3.8) is 0 Å². The molecule has 0 unspecified atom stereocenters. The molecule has 1 aromatic carbocycles. The fourth-order valence-electron chi connectivity index (χ4n) is 3.97. The Balaban J connectivity index is 0.00000320. The first-order valence-corrected chi connectivity index (χ1v) is 10.6. The molecule has 0 aromatic heterocycles. The Kier molecular flexibility index (Phi) is 9.99. The Morgan fingerprint density at radius 3 is 2.33 bits per heavy atom. The molecule has 9 heteroatoms. The van der Waals surface area contributed by atoms with Gasteiger partial charge in [0.2, 0.25) is 0 Å². The van der Waals surface area contributed by atoms with Crippen LogP contribution < -0.4 is 10.6 Å². The summed E-state index contributed by atoms with van der Waals surface area (Å²) in [6.07, 6.45) is 1.44. The van der Waals surface area contributed by atoms with Crippen molar-refractivity contribution in [2.24, 2.45) is 10.7 Å². The molecule has 2 N–H and O–H groups in total. The Bertz CT molecular complexity index is 669. The number of hydrogen-bond acceptors (Lipinski definition) is 3. The molecule has 2 heterocycles. The standard InChI is InChI=1S/C21H32F3N5.HI/c22-21(23,24)18-7-6-8-19(17-18)28-15-13-27(14-16-28)10-5-2-9-26-20(25)29-11-3-1-4-12-29;/h6-8,17H,1-5,9-16H2,(H2,25,26);1H. The number of benzene rings is 1. The summed E-state index contributed by atoms with van der Waals surface area (Å²) in [6.45, 7) is 7.03. The smallest absolute Gasteiger partial charge is 0.370 e. The Morgan fingerprint density at radius 1 is 0.967 bits per heavy atom. The summed E-state index contributed by atoms with van der Waals surface area (Å²) in [4.78, 5) is 11.1. The minimum atomic E-state index is -4.29. The number of nitrogens with two attached hydrogens (primary N) is 1. The second-order valence-electron chi connectivity index (χ2n) is 7.87. The van der Waals surface area contributed by atoms with Gasteiger partial charge in [0.25, 0.3) is 0 Å². The van der Waals surface area contributed by atoms with Crippen LogP contribution in [0.15, 0.2) is 29.3 Å². The van der Waals surface area contributed by atoms with Gasteiger partial charge in [-0.15, -0.1) is 24.0 Å². The molecule has 0 atom stereocenters. The van der Waals surface area contributed by atoms with E-state index in [1.165, 1.54) is 31.4 Å². The van der Waals surface area contributed by atoms with Gasteiger partial charge >= 0.3 is 6.18 Å². The molecule has 2 aliphatic heterocycles. The summed E-state index contributed by atoms with van der Waals surface area (Å²) in [5, 5.41) is 0. The van der Waals surface area contributed by atoms with Crippen molar-refractivity contribution in [1.82, 2.24) is 9.80 Å². The first-order chi connectivity index (χ1) is 13.9. The molecule has 0 saturated carbocycles. The largest absolute Gasteiger partial charge is 0.416 e. The number of likely N-dealkylation sites (tertiary alicyclic amines) is 1. The lowest BCUT2D eigenvalue weighted by Gasteiger charge is -2.36. The molecule has 2 fully saturated rings. The molecule has 0 aliphatic carbocycles. The molecule has 2 saturated heterocycles. The first-order valence-electron chi connectivity index (χ1n) is 10.6. The topological polar surface area (TPSA) is 48.1 Å². The zero-order valence-electron chi connectivity index (χ0n) is 17.4. The molecule has 0 bridgehead atoms. The Hall–Kier alpha value is -1.23. The number of nitrogens with zero attached hydrogens (tertiary/aromatic N) is 4. The molecular weight excluding hydrogens is 506 g/mol. The van der Waals surface area contributed by atoms with E-state index in [9.17, 15) is 13.2 Å². The van der Waals surface area contributed by atoms with Crippen molar-refractivity contribution in [2.45, 2.75) is 38.3 Å². The number of unbranched alkanes of at least 4 members (excludes halogenated alkanes) is 1. The molecule has 0 spiro atoms. The number of piperazine rings is 1. The second kappa shape index (κ2) is 12.0. The SMILES string of the molecule is I.NC(=NCCCCN1CCN(c2cccc(C(F)(F)F)c2)CC1)N1CCCCC1. The summed E-state index contributed by atoms with van der Waals surface area (Å²) in [6, 6.07) is 5.62. The average Bonchev–Trinajstić information content (AvgIpc) is 2.74.